The standard InChI is InChI=1S/C18H20N2O4/c1-2-3-6-19-17(22)13-10-12-14(20-18(13)23)8-11(9-15(12)21)16-5-4-7-24-16/h4-5,7,10-11H,2-3,6,8-9H2,1H3,(H,19,22)(H,20,23). The molecule has 0 saturated carbocycles. The first-order chi connectivity index (χ1) is 11.6. The average molecular weight is 328 g/mol. The van der Waals surface area contributed by atoms with E-state index in [9.17, 15) is 14.4 Å². The molecule has 2 aromatic heterocycles. The Labute approximate surface area is 139 Å². The number of fused-ring (bicyclic) bond motifs is 1. The predicted molar refractivity (Wildman–Crippen MR) is 88.4 cm³/mol. The summed E-state index contributed by atoms with van der Waals surface area (Å²) in [5, 5.41) is 2.71. The van der Waals surface area contributed by atoms with Gasteiger partial charge in [0.05, 0.1) is 6.26 Å². The van der Waals surface area contributed by atoms with Gasteiger partial charge in [-0.2, -0.15) is 0 Å². The van der Waals surface area contributed by atoms with Gasteiger partial charge in [0.1, 0.15) is 11.3 Å². The van der Waals surface area contributed by atoms with Crippen LogP contribution in [-0.2, 0) is 6.42 Å². The molecule has 6 heteroatoms. The van der Waals surface area contributed by atoms with Gasteiger partial charge in [-0.1, -0.05) is 13.3 Å². The lowest BCUT2D eigenvalue weighted by atomic mass is 9.84. The highest BCUT2D eigenvalue weighted by Gasteiger charge is 2.30. The SMILES string of the molecule is CCCCNC(=O)c1cc2c([nH]c1=O)CC(c1ccco1)CC2=O. The van der Waals surface area contributed by atoms with E-state index in [1.165, 1.54) is 6.07 Å². The molecule has 24 heavy (non-hydrogen) atoms. The molecular weight excluding hydrogens is 308 g/mol. The number of hydrogen-bond donors (Lipinski definition) is 2. The molecule has 0 spiro atoms. The van der Waals surface area contributed by atoms with Crippen molar-refractivity contribution in [3.8, 4) is 0 Å². The van der Waals surface area contributed by atoms with Crippen LogP contribution in [0.2, 0.25) is 0 Å². The summed E-state index contributed by atoms with van der Waals surface area (Å²) in [5.74, 6) is 0.126. The average Bonchev–Trinajstić information content (AvgIpc) is 3.08. The number of unbranched alkanes of at least 4 members (excludes halogenated alkanes) is 1. The summed E-state index contributed by atoms with van der Waals surface area (Å²) in [4.78, 5) is 39.5. The second-order valence-electron chi connectivity index (χ2n) is 6.06. The lowest BCUT2D eigenvalue weighted by Gasteiger charge is -2.22. The molecule has 126 valence electrons. The Balaban J connectivity index is 1.86. The summed E-state index contributed by atoms with van der Waals surface area (Å²) < 4.78 is 5.38. The number of amides is 1. The van der Waals surface area contributed by atoms with Gasteiger partial charge in [-0.05, 0) is 31.0 Å². The Bertz CT molecular complexity index is 805. The van der Waals surface area contributed by atoms with Crippen LogP contribution in [0.25, 0.3) is 0 Å². The van der Waals surface area contributed by atoms with Crippen molar-refractivity contribution in [1.82, 2.24) is 10.3 Å². The third kappa shape index (κ3) is 3.18. The topological polar surface area (TPSA) is 92.2 Å². The van der Waals surface area contributed by atoms with E-state index in [1.807, 2.05) is 13.0 Å². The molecule has 1 aliphatic rings. The van der Waals surface area contributed by atoms with Crippen LogP contribution in [-0.4, -0.2) is 23.2 Å². The number of carbonyl (C=O) groups is 2. The Hall–Kier alpha value is -2.63. The molecule has 1 atom stereocenters. The number of aromatic amines is 1. The number of ketones is 1. The van der Waals surface area contributed by atoms with E-state index >= 15 is 0 Å². The molecule has 2 N–H and O–H groups in total. The molecule has 0 radical (unpaired) electrons. The fraction of sp³-hybridized carbons (Fsp3) is 0.389. The van der Waals surface area contributed by atoms with Crippen molar-refractivity contribution in [3.05, 3.63) is 57.4 Å². The highest BCUT2D eigenvalue weighted by molar-refractivity contribution is 6.02. The quantitative estimate of drug-likeness (QED) is 0.824. The number of aromatic nitrogens is 1. The summed E-state index contributed by atoms with van der Waals surface area (Å²) in [5.41, 5.74) is 0.533. The molecule has 1 aliphatic carbocycles. The van der Waals surface area contributed by atoms with E-state index in [-0.39, 0.29) is 17.3 Å². The van der Waals surface area contributed by atoms with Crippen LogP contribution in [0.15, 0.2) is 33.7 Å². The van der Waals surface area contributed by atoms with Crippen molar-refractivity contribution >= 4 is 11.7 Å². The predicted octanol–water partition coefficient (Wildman–Crippen LogP) is 2.41. The monoisotopic (exact) mass is 328 g/mol. The summed E-state index contributed by atoms with van der Waals surface area (Å²) in [7, 11) is 0. The highest BCUT2D eigenvalue weighted by atomic mass is 16.3. The Morgan fingerprint density at radius 3 is 2.92 bits per heavy atom. The minimum atomic E-state index is -0.462. The summed E-state index contributed by atoms with van der Waals surface area (Å²) in [6, 6.07) is 5.04. The second kappa shape index (κ2) is 6.86. The van der Waals surface area contributed by atoms with E-state index in [4.69, 9.17) is 4.42 Å². The fourth-order valence-electron chi connectivity index (χ4n) is 3.00. The van der Waals surface area contributed by atoms with Crippen molar-refractivity contribution in [1.29, 1.82) is 0 Å². The van der Waals surface area contributed by atoms with E-state index in [0.717, 1.165) is 18.6 Å². The zero-order chi connectivity index (χ0) is 17.1. The molecule has 0 saturated heterocycles. The normalized spacial score (nSPS) is 16.7. The van der Waals surface area contributed by atoms with Crippen LogP contribution in [0.1, 0.15) is 64.3 Å². The molecule has 6 nitrogen and oxygen atoms in total. The molecule has 1 amide bonds. The third-order valence-corrected chi connectivity index (χ3v) is 4.31. The molecule has 3 rings (SSSR count). The number of nitrogens with one attached hydrogen (secondary N) is 2. The van der Waals surface area contributed by atoms with Gasteiger partial charge in [-0.25, -0.2) is 0 Å². The number of rotatable bonds is 5. The van der Waals surface area contributed by atoms with Crippen molar-refractivity contribution in [2.75, 3.05) is 6.54 Å². The number of hydrogen-bond acceptors (Lipinski definition) is 4. The second-order valence-corrected chi connectivity index (χ2v) is 6.06. The molecule has 1 unspecified atom stereocenters. The molecule has 0 bridgehead atoms. The molecule has 0 aliphatic heterocycles. The van der Waals surface area contributed by atoms with Gasteiger partial charge in [0, 0.05) is 30.1 Å². The first-order valence-corrected chi connectivity index (χ1v) is 8.21. The smallest absolute Gasteiger partial charge is 0.261 e. The molecule has 2 heterocycles. The third-order valence-electron chi connectivity index (χ3n) is 4.31. The first-order valence-electron chi connectivity index (χ1n) is 8.21. The van der Waals surface area contributed by atoms with Crippen molar-refractivity contribution in [2.45, 2.75) is 38.5 Å². The summed E-state index contributed by atoms with van der Waals surface area (Å²) in [6.07, 6.45) is 4.19. The van der Waals surface area contributed by atoms with Gasteiger partial charge in [-0.15, -0.1) is 0 Å². The number of furan rings is 1. The minimum Gasteiger partial charge on any atom is -0.469 e. The van der Waals surface area contributed by atoms with Crippen LogP contribution in [0, 0.1) is 0 Å². The minimum absolute atomic E-state index is 0.00495. The van der Waals surface area contributed by atoms with Gasteiger partial charge >= 0.3 is 0 Å². The van der Waals surface area contributed by atoms with E-state index < -0.39 is 11.5 Å². The Morgan fingerprint density at radius 1 is 1.38 bits per heavy atom. The highest BCUT2D eigenvalue weighted by Crippen LogP contribution is 2.31. The molecule has 0 aromatic carbocycles. The van der Waals surface area contributed by atoms with E-state index in [1.54, 1.807) is 12.3 Å². The lowest BCUT2D eigenvalue weighted by Crippen LogP contribution is -2.33. The fourth-order valence-corrected chi connectivity index (χ4v) is 3.00. The molecule has 2 aromatic rings. The maximum absolute atomic E-state index is 12.4. The van der Waals surface area contributed by atoms with Gasteiger partial charge in [0.2, 0.25) is 0 Å². The first kappa shape index (κ1) is 16.2. The van der Waals surface area contributed by atoms with Crippen LogP contribution in [0.4, 0.5) is 0 Å². The van der Waals surface area contributed by atoms with Crippen molar-refractivity contribution in [3.63, 3.8) is 0 Å². The zero-order valence-corrected chi connectivity index (χ0v) is 13.6. The lowest BCUT2D eigenvalue weighted by molar-refractivity contribution is 0.0951. The maximum atomic E-state index is 12.4. The zero-order valence-electron chi connectivity index (χ0n) is 13.6. The van der Waals surface area contributed by atoms with Gasteiger partial charge < -0.3 is 14.7 Å². The van der Waals surface area contributed by atoms with Gasteiger partial charge in [0.25, 0.3) is 11.5 Å². The number of Topliss-reactive ketones (excluding diaryl/α,β-unsaturated/α-hetero) is 1. The van der Waals surface area contributed by atoms with Crippen molar-refractivity contribution < 1.29 is 14.0 Å². The maximum Gasteiger partial charge on any atom is 0.261 e. The van der Waals surface area contributed by atoms with E-state index in [0.29, 0.717) is 30.6 Å². The molecular formula is C18H20N2O4. The van der Waals surface area contributed by atoms with Gasteiger partial charge in [-0.3, -0.25) is 14.4 Å². The van der Waals surface area contributed by atoms with Crippen LogP contribution < -0.4 is 10.9 Å². The largest absolute Gasteiger partial charge is 0.469 e. The Kier molecular flexibility index (Phi) is 4.64. The Morgan fingerprint density at radius 2 is 2.21 bits per heavy atom. The van der Waals surface area contributed by atoms with E-state index in [2.05, 4.69) is 10.3 Å². The number of H-pyrrole nitrogens is 1. The number of pyridine rings is 1. The summed E-state index contributed by atoms with van der Waals surface area (Å²) >= 11 is 0. The molecule has 0 fully saturated rings. The van der Waals surface area contributed by atoms with Crippen LogP contribution in [0.3, 0.4) is 0 Å². The van der Waals surface area contributed by atoms with Crippen molar-refractivity contribution in [2.24, 2.45) is 0 Å². The van der Waals surface area contributed by atoms with Gasteiger partial charge in [0.15, 0.2) is 5.78 Å². The van der Waals surface area contributed by atoms with Crippen LogP contribution >= 0.6 is 0 Å². The number of carbonyl (C=O) groups excluding carboxylic acids is 2. The summed E-state index contributed by atoms with van der Waals surface area (Å²) in [6.45, 7) is 2.53. The van der Waals surface area contributed by atoms with Crippen LogP contribution in [0.5, 0.6) is 0 Å².